The summed E-state index contributed by atoms with van der Waals surface area (Å²) in [5.41, 5.74) is -0.103. The Balaban J connectivity index is 2.23. The van der Waals surface area contributed by atoms with Crippen LogP contribution < -0.4 is 5.32 Å². The van der Waals surface area contributed by atoms with Crippen LogP contribution in [0.25, 0.3) is 0 Å². The first-order chi connectivity index (χ1) is 8.40. The molecule has 1 aromatic carbocycles. The van der Waals surface area contributed by atoms with E-state index in [1.807, 2.05) is 0 Å². The van der Waals surface area contributed by atoms with Crippen molar-refractivity contribution in [2.24, 2.45) is 5.41 Å². The molecule has 0 spiro atoms. The summed E-state index contributed by atoms with van der Waals surface area (Å²) in [6.45, 7) is 4.16. The maximum absolute atomic E-state index is 13.6. The molecule has 0 aliphatic carbocycles. The third kappa shape index (κ3) is 2.76. The van der Waals surface area contributed by atoms with Gasteiger partial charge in [0.2, 0.25) is 0 Å². The summed E-state index contributed by atoms with van der Waals surface area (Å²) >= 11 is 1.77. The van der Waals surface area contributed by atoms with Crippen molar-refractivity contribution in [3.63, 3.8) is 0 Å². The molecule has 1 N–H and O–H groups in total. The van der Waals surface area contributed by atoms with Crippen LogP contribution in [0, 0.1) is 22.9 Å². The summed E-state index contributed by atoms with van der Waals surface area (Å²) in [4.78, 5) is 0. The molecule has 1 saturated heterocycles. The van der Waals surface area contributed by atoms with E-state index in [1.54, 1.807) is 11.8 Å². The van der Waals surface area contributed by atoms with E-state index in [0.29, 0.717) is 6.07 Å². The average molecular weight is 275 g/mol. The number of anilines is 1. The van der Waals surface area contributed by atoms with E-state index >= 15 is 0 Å². The second-order valence-corrected chi connectivity index (χ2v) is 6.41. The Morgan fingerprint density at radius 1 is 1.28 bits per heavy atom. The van der Waals surface area contributed by atoms with E-state index in [1.165, 1.54) is 0 Å². The number of hydrogen-bond acceptors (Lipinski definition) is 2. The van der Waals surface area contributed by atoms with Gasteiger partial charge in [0, 0.05) is 23.9 Å². The van der Waals surface area contributed by atoms with Crippen molar-refractivity contribution in [1.29, 1.82) is 0 Å². The molecule has 1 unspecified atom stereocenters. The zero-order valence-corrected chi connectivity index (χ0v) is 11.2. The second kappa shape index (κ2) is 5.03. The van der Waals surface area contributed by atoms with Crippen molar-refractivity contribution >= 4 is 17.4 Å². The highest BCUT2D eigenvalue weighted by molar-refractivity contribution is 7.99. The van der Waals surface area contributed by atoms with Crippen molar-refractivity contribution in [1.82, 2.24) is 0 Å². The molecule has 18 heavy (non-hydrogen) atoms. The van der Waals surface area contributed by atoms with Crippen LogP contribution in [0.5, 0.6) is 0 Å². The van der Waals surface area contributed by atoms with Crippen LogP contribution in [0.2, 0.25) is 0 Å². The van der Waals surface area contributed by atoms with Crippen LogP contribution in [-0.4, -0.2) is 17.5 Å². The predicted molar refractivity (Wildman–Crippen MR) is 69.4 cm³/mol. The van der Waals surface area contributed by atoms with Gasteiger partial charge >= 0.3 is 0 Å². The molecule has 100 valence electrons. The first kappa shape index (κ1) is 13.6. The first-order valence-electron chi connectivity index (χ1n) is 5.89. The molecule has 1 aromatic rings. The predicted octanol–water partition coefficient (Wildman–Crippen LogP) is 4.05. The van der Waals surface area contributed by atoms with Crippen molar-refractivity contribution < 1.29 is 13.2 Å². The van der Waals surface area contributed by atoms with Gasteiger partial charge in [-0.15, -0.1) is 0 Å². The number of halogens is 3. The topological polar surface area (TPSA) is 12.0 Å². The molecule has 1 aliphatic heterocycles. The Hall–Kier alpha value is -0.840. The highest BCUT2D eigenvalue weighted by atomic mass is 32.2. The van der Waals surface area contributed by atoms with Gasteiger partial charge in [-0.3, -0.25) is 0 Å². The summed E-state index contributed by atoms with van der Waals surface area (Å²) in [6.07, 6.45) is 0.995. The molecule has 0 amide bonds. The lowest BCUT2D eigenvalue weighted by Crippen LogP contribution is -2.41. The molecule has 1 fully saturated rings. The lowest BCUT2D eigenvalue weighted by Gasteiger charge is -2.39. The van der Waals surface area contributed by atoms with Crippen LogP contribution in [-0.2, 0) is 0 Å². The summed E-state index contributed by atoms with van der Waals surface area (Å²) < 4.78 is 39.8. The van der Waals surface area contributed by atoms with Crippen LogP contribution >= 0.6 is 11.8 Å². The minimum absolute atomic E-state index is 0.00644. The zero-order chi connectivity index (χ0) is 13.3. The van der Waals surface area contributed by atoms with Gasteiger partial charge in [-0.2, -0.15) is 11.8 Å². The van der Waals surface area contributed by atoms with Gasteiger partial charge < -0.3 is 5.32 Å². The SMILES string of the molecule is CC1(C)CCSCC1Nc1cc(F)cc(F)c1F. The van der Waals surface area contributed by atoms with E-state index in [2.05, 4.69) is 19.2 Å². The third-order valence-corrected chi connectivity index (χ3v) is 4.50. The molecule has 2 rings (SSSR count). The summed E-state index contributed by atoms with van der Waals surface area (Å²) in [5, 5.41) is 2.95. The molecule has 5 heteroatoms. The van der Waals surface area contributed by atoms with Gasteiger partial charge in [0.25, 0.3) is 0 Å². The molecular formula is C13H16F3NS. The number of rotatable bonds is 2. The van der Waals surface area contributed by atoms with Crippen molar-refractivity contribution in [2.75, 3.05) is 16.8 Å². The van der Waals surface area contributed by atoms with Gasteiger partial charge in [0.15, 0.2) is 11.6 Å². The second-order valence-electron chi connectivity index (χ2n) is 5.26. The number of thioether (sulfide) groups is 1. The average Bonchev–Trinajstić information content (AvgIpc) is 2.27. The lowest BCUT2D eigenvalue weighted by atomic mass is 9.82. The molecule has 1 aliphatic rings. The van der Waals surface area contributed by atoms with Gasteiger partial charge in [0.05, 0.1) is 5.69 Å². The van der Waals surface area contributed by atoms with E-state index in [-0.39, 0.29) is 17.1 Å². The molecule has 0 aromatic heterocycles. The number of nitrogens with one attached hydrogen (secondary N) is 1. The molecule has 0 saturated carbocycles. The Bertz CT molecular complexity index is 448. The van der Waals surface area contributed by atoms with Crippen molar-refractivity contribution in [3.8, 4) is 0 Å². The van der Waals surface area contributed by atoms with E-state index in [4.69, 9.17) is 0 Å². The van der Waals surface area contributed by atoms with Crippen molar-refractivity contribution in [2.45, 2.75) is 26.3 Å². The summed E-state index contributed by atoms with van der Waals surface area (Å²) in [6, 6.07) is 1.57. The first-order valence-corrected chi connectivity index (χ1v) is 7.04. The smallest absolute Gasteiger partial charge is 0.182 e. The van der Waals surface area contributed by atoms with E-state index in [0.717, 1.165) is 24.0 Å². The van der Waals surface area contributed by atoms with E-state index < -0.39 is 17.5 Å². The maximum Gasteiger partial charge on any atom is 0.182 e. The van der Waals surface area contributed by atoms with Crippen LogP contribution in [0.1, 0.15) is 20.3 Å². The normalized spacial score (nSPS) is 22.8. The van der Waals surface area contributed by atoms with Crippen LogP contribution in [0.3, 0.4) is 0 Å². The minimum Gasteiger partial charge on any atom is -0.378 e. The lowest BCUT2D eigenvalue weighted by molar-refractivity contribution is 0.304. The fraction of sp³-hybridized carbons (Fsp3) is 0.538. The minimum atomic E-state index is -1.15. The van der Waals surface area contributed by atoms with Gasteiger partial charge in [0.1, 0.15) is 5.82 Å². The Morgan fingerprint density at radius 2 is 2.00 bits per heavy atom. The Kier molecular flexibility index (Phi) is 3.80. The monoisotopic (exact) mass is 275 g/mol. The van der Waals surface area contributed by atoms with E-state index in [9.17, 15) is 13.2 Å². The van der Waals surface area contributed by atoms with Crippen molar-refractivity contribution in [3.05, 3.63) is 29.6 Å². The molecular weight excluding hydrogens is 259 g/mol. The highest BCUT2D eigenvalue weighted by Crippen LogP contribution is 2.36. The standard InChI is InChI=1S/C13H16F3NS/c1-13(2)3-4-18-7-11(13)17-10-6-8(14)5-9(15)12(10)16/h5-6,11,17H,3-4,7H2,1-2H3. The molecule has 1 heterocycles. The number of hydrogen-bond donors (Lipinski definition) is 1. The zero-order valence-electron chi connectivity index (χ0n) is 10.4. The van der Waals surface area contributed by atoms with Crippen LogP contribution in [0.15, 0.2) is 12.1 Å². The molecule has 0 bridgehead atoms. The van der Waals surface area contributed by atoms with Gasteiger partial charge in [-0.05, 0) is 17.6 Å². The summed E-state index contributed by atoms with van der Waals surface area (Å²) in [5.74, 6) is -1.06. The fourth-order valence-corrected chi connectivity index (χ4v) is 3.63. The van der Waals surface area contributed by atoms with Gasteiger partial charge in [-0.1, -0.05) is 13.8 Å². The third-order valence-electron chi connectivity index (χ3n) is 3.44. The largest absolute Gasteiger partial charge is 0.378 e. The number of benzene rings is 1. The Morgan fingerprint density at radius 3 is 2.67 bits per heavy atom. The quantitative estimate of drug-likeness (QED) is 0.817. The van der Waals surface area contributed by atoms with Crippen LogP contribution in [0.4, 0.5) is 18.9 Å². The molecule has 1 atom stereocenters. The van der Waals surface area contributed by atoms with Gasteiger partial charge in [-0.25, -0.2) is 13.2 Å². The summed E-state index contributed by atoms with van der Waals surface area (Å²) in [7, 11) is 0. The molecule has 0 radical (unpaired) electrons. The highest BCUT2D eigenvalue weighted by Gasteiger charge is 2.33. The fourth-order valence-electron chi connectivity index (χ4n) is 2.02. The maximum atomic E-state index is 13.6. The Labute approximate surface area is 109 Å². The molecule has 1 nitrogen and oxygen atoms in total.